The molecular weight excluding hydrogens is 200 g/mol. The molecule has 0 atom stereocenters. The van der Waals surface area contributed by atoms with Gasteiger partial charge in [-0.2, -0.15) is 5.10 Å². The first-order chi connectivity index (χ1) is 7.90. The van der Waals surface area contributed by atoms with Gasteiger partial charge < -0.3 is 5.32 Å². The summed E-state index contributed by atoms with van der Waals surface area (Å²) in [6.45, 7) is 5.35. The number of nitrogens with one attached hydrogen (secondary N) is 1. The van der Waals surface area contributed by atoms with Crippen molar-refractivity contribution in [2.75, 3.05) is 13.1 Å². The molecule has 0 bridgehead atoms. The lowest BCUT2D eigenvalue weighted by molar-refractivity contribution is 0.595. The molecule has 0 amide bonds. The zero-order valence-electron chi connectivity index (χ0n) is 9.95. The second-order valence-electron chi connectivity index (χ2n) is 4.25. The fourth-order valence-electron chi connectivity index (χ4n) is 2.04. The molecule has 0 radical (unpaired) electrons. The Morgan fingerprint density at radius 2 is 2.38 bits per heavy atom. The molecule has 0 unspecified atom stereocenters. The summed E-state index contributed by atoms with van der Waals surface area (Å²) in [5, 5.41) is 7.65. The fourth-order valence-corrected chi connectivity index (χ4v) is 2.04. The van der Waals surface area contributed by atoms with Gasteiger partial charge in [-0.05, 0) is 44.8 Å². The second kappa shape index (κ2) is 5.80. The van der Waals surface area contributed by atoms with Crippen molar-refractivity contribution in [1.29, 1.82) is 0 Å². The first-order valence-corrected chi connectivity index (χ1v) is 6.18. The normalized spacial score (nSPS) is 19.9. The molecular formula is C12H20N4. The summed E-state index contributed by atoms with van der Waals surface area (Å²) in [7, 11) is 0. The van der Waals surface area contributed by atoms with Crippen LogP contribution in [-0.2, 0) is 6.54 Å². The molecule has 2 heterocycles. The molecule has 1 aromatic heterocycles. The minimum absolute atomic E-state index is 0.956. The zero-order valence-corrected chi connectivity index (χ0v) is 9.95. The third-order valence-electron chi connectivity index (χ3n) is 2.89. The van der Waals surface area contributed by atoms with Crippen molar-refractivity contribution in [3.8, 4) is 0 Å². The lowest BCUT2D eigenvalue weighted by atomic mass is 10.1. The molecule has 0 saturated carbocycles. The van der Waals surface area contributed by atoms with Gasteiger partial charge in [0.1, 0.15) is 6.33 Å². The van der Waals surface area contributed by atoms with Gasteiger partial charge in [0.2, 0.25) is 0 Å². The third kappa shape index (κ3) is 2.92. The Morgan fingerprint density at radius 3 is 3.25 bits per heavy atom. The molecule has 1 saturated heterocycles. The van der Waals surface area contributed by atoms with Gasteiger partial charge in [0, 0.05) is 6.54 Å². The summed E-state index contributed by atoms with van der Waals surface area (Å²) in [5.41, 5.74) is 1.50. The molecule has 4 nitrogen and oxygen atoms in total. The van der Waals surface area contributed by atoms with Crippen LogP contribution in [0.5, 0.6) is 0 Å². The molecule has 0 aromatic carbocycles. The Balaban J connectivity index is 2.10. The van der Waals surface area contributed by atoms with Gasteiger partial charge in [-0.3, -0.25) is 0 Å². The Bertz CT molecular complexity index is 344. The maximum atomic E-state index is 4.31. The van der Waals surface area contributed by atoms with Gasteiger partial charge in [0.25, 0.3) is 0 Å². The summed E-state index contributed by atoms with van der Waals surface area (Å²) < 4.78 is 1.99. The van der Waals surface area contributed by atoms with Crippen molar-refractivity contribution in [1.82, 2.24) is 20.1 Å². The van der Waals surface area contributed by atoms with Gasteiger partial charge in [-0.25, -0.2) is 9.67 Å². The lowest BCUT2D eigenvalue weighted by Crippen LogP contribution is -2.13. The van der Waals surface area contributed by atoms with Crippen LogP contribution in [0.1, 0.15) is 38.4 Å². The summed E-state index contributed by atoms with van der Waals surface area (Å²) in [5.74, 6) is 1.01. The average Bonchev–Trinajstić information content (AvgIpc) is 2.56. The van der Waals surface area contributed by atoms with E-state index in [2.05, 4.69) is 28.4 Å². The highest BCUT2D eigenvalue weighted by atomic mass is 15.3. The van der Waals surface area contributed by atoms with Crippen LogP contribution in [0.15, 0.2) is 11.9 Å². The molecule has 1 aromatic rings. The van der Waals surface area contributed by atoms with Crippen molar-refractivity contribution in [3.05, 3.63) is 17.7 Å². The van der Waals surface area contributed by atoms with Crippen LogP contribution in [0.4, 0.5) is 0 Å². The Labute approximate surface area is 96.8 Å². The average molecular weight is 220 g/mol. The molecule has 1 aliphatic heterocycles. The Kier molecular flexibility index (Phi) is 4.10. The number of aromatic nitrogens is 3. The van der Waals surface area contributed by atoms with E-state index in [0.29, 0.717) is 0 Å². The van der Waals surface area contributed by atoms with Crippen molar-refractivity contribution >= 4 is 6.08 Å². The second-order valence-corrected chi connectivity index (χ2v) is 4.25. The monoisotopic (exact) mass is 220 g/mol. The number of hydrogen-bond acceptors (Lipinski definition) is 3. The van der Waals surface area contributed by atoms with E-state index in [1.165, 1.54) is 18.4 Å². The van der Waals surface area contributed by atoms with Crippen molar-refractivity contribution < 1.29 is 0 Å². The van der Waals surface area contributed by atoms with E-state index in [0.717, 1.165) is 38.3 Å². The predicted octanol–water partition coefficient (Wildman–Crippen LogP) is 1.84. The van der Waals surface area contributed by atoms with Crippen molar-refractivity contribution in [2.45, 2.75) is 39.2 Å². The smallest absolute Gasteiger partial charge is 0.150 e. The number of nitrogens with zero attached hydrogens (tertiary/aromatic N) is 3. The molecule has 1 fully saturated rings. The lowest BCUT2D eigenvalue weighted by Gasteiger charge is -2.03. The highest BCUT2D eigenvalue weighted by molar-refractivity contribution is 5.45. The number of aryl methyl sites for hydroxylation is 1. The van der Waals surface area contributed by atoms with E-state index in [-0.39, 0.29) is 0 Å². The largest absolute Gasteiger partial charge is 0.316 e. The fraction of sp³-hybridized carbons (Fsp3) is 0.667. The first kappa shape index (κ1) is 11.3. The number of hydrogen-bond donors (Lipinski definition) is 1. The molecule has 88 valence electrons. The van der Waals surface area contributed by atoms with Crippen LogP contribution in [0.2, 0.25) is 0 Å². The SMILES string of the molecule is CCCn1ncnc1/C=C1/CCCNCC1. The van der Waals surface area contributed by atoms with Gasteiger partial charge in [-0.1, -0.05) is 12.5 Å². The highest BCUT2D eigenvalue weighted by Gasteiger charge is 2.06. The van der Waals surface area contributed by atoms with E-state index in [1.54, 1.807) is 6.33 Å². The summed E-state index contributed by atoms with van der Waals surface area (Å²) in [6.07, 6.45) is 8.52. The third-order valence-corrected chi connectivity index (χ3v) is 2.89. The summed E-state index contributed by atoms with van der Waals surface area (Å²) >= 11 is 0. The maximum absolute atomic E-state index is 4.31. The molecule has 2 rings (SSSR count). The summed E-state index contributed by atoms with van der Waals surface area (Å²) in [6, 6.07) is 0. The van der Waals surface area contributed by atoms with E-state index >= 15 is 0 Å². The minimum atomic E-state index is 0.956. The molecule has 0 spiro atoms. The maximum Gasteiger partial charge on any atom is 0.150 e. The van der Waals surface area contributed by atoms with E-state index in [4.69, 9.17) is 0 Å². The quantitative estimate of drug-likeness (QED) is 0.845. The molecule has 16 heavy (non-hydrogen) atoms. The molecule has 0 aliphatic carbocycles. The van der Waals surface area contributed by atoms with Crippen LogP contribution in [0, 0.1) is 0 Å². The molecule has 1 N–H and O–H groups in total. The van der Waals surface area contributed by atoms with Gasteiger partial charge in [0.15, 0.2) is 5.82 Å². The Hall–Kier alpha value is -1.16. The van der Waals surface area contributed by atoms with Crippen LogP contribution in [0.3, 0.4) is 0 Å². The van der Waals surface area contributed by atoms with Crippen LogP contribution in [0.25, 0.3) is 6.08 Å². The van der Waals surface area contributed by atoms with E-state index < -0.39 is 0 Å². The van der Waals surface area contributed by atoms with E-state index in [1.807, 2.05) is 4.68 Å². The predicted molar refractivity (Wildman–Crippen MR) is 65.0 cm³/mol. The van der Waals surface area contributed by atoms with Crippen molar-refractivity contribution in [2.24, 2.45) is 0 Å². The zero-order chi connectivity index (χ0) is 11.2. The molecule has 4 heteroatoms. The van der Waals surface area contributed by atoms with Crippen LogP contribution < -0.4 is 5.32 Å². The number of rotatable bonds is 3. The van der Waals surface area contributed by atoms with Gasteiger partial charge >= 0.3 is 0 Å². The first-order valence-electron chi connectivity index (χ1n) is 6.18. The van der Waals surface area contributed by atoms with Crippen LogP contribution in [-0.4, -0.2) is 27.9 Å². The highest BCUT2D eigenvalue weighted by Crippen LogP contribution is 2.15. The van der Waals surface area contributed by atoms with Gasteiger partial charge in [-0.15, -0.1) is 0 Å². The van der Waals surface area contributed by atoms with E-state index in [9.17, 15) is 0 Å². The van der Waals surface area contributed by atoms with Crippen molar-refractivity contribution in [3.63, 3.8) is 0 Å². The Morgan fingerprint density at radius 1 is 1.44 bits per heavy atom. The molecule has 1 aliphatic rings. The summed E-state index contributed by atoms with van der Waals surface area (Å²) in [4.78, 5) is 4.31. The minimum Gasteiger partial charge on any atom is -0.316 e. The topological polar surface area (TPSA) is 42.7 Å². The van der Waals surface area contributed by atoms with Gasteiger partial charge in [0.05, 0.1) is 0 Å². The van der Waals surface area contributed by atoms with Crippen LogP contribution >= 0.6 is 0 Å². The standard InChI is InChI=1S/C12H20N4/c1-2-8-16-12(14-10-15-16)9-11-4-3-6-13-7-5-11/h9-10,13H,2-8H2,1H3/b11-9-.